The number of hydrogen-bond acceptors (Lipinski definition) is 3. The Labute approximate surface area is 189 Å². The largest absolute Gasteiger partial charge is 0.494 e. The number of nitrogens with one attached hydrogen (secondary N) is 2. The molecule has 0 aliphatic heterocycles. The maximum atomic E-state index is 14.7. The molecule has 1 saturated carbocycles. The smallest absolute Gasteiger partial charge is 0.184 e. The minimum Gasteiger partial charge on any atom is -0.494 e. The highest BCUT2D eigenvalue weighted by molar-refractivity contribution is 7.87. The van der Waals surface area contributed by atoms with Gasteiger partial charge in [0.2, 0.25) is 0 Å². The van der Waals surface area contributed by atoms with Crippen molar-refractivity contribution < 1.29 is 30.9 Å². The number of halogens is 5. The van der Waals surface area contributed by atoms with Crippen LogP contribution in [0, 0.1) is 36.0 Å². The topological polar surface area (TPSA) is 50.4 Å². The number of anilines is 3. The van der Waals surface area contributed by atoms with Crippen LogP contribution in [0.25, 0.3) is 0 Å². The lowest BCUT2D eigenvalue weighted by Gasteiger charge is -2.18. The average molecular weight is 482 g/mol. The Kier molecular flexibility index (Phi) is 6.29. The predicted octanol–water partition coefficient (Wildman–Crippen LogP) is 6.07. The van der Waals surface area contributed by atoms with Crippen LogP contribution in [0.4, 0.5) is 39.0 Å². The molecule has 1 fully saturated rings. The Morgan fingerprint density at radius 1 is 0.939 bits per heavy atom. The molecule has 0 amide bonds. The molecule has 174 valence electrons. The minimum atomic E-state index is -1.87. The first kappa shape index (κ1) is 23.0. The summed E-state index contributed by atoms with van der Waals surface area (Å²) in [6, 6.07) is 8.08. The monoisotopic (exact) mass is 482 g/mol. The predicted molar refractivity (Wildman–Crippen MR) is 117 cm³/mol. The van der Waals surface area contributed by atoms with Crippen LogP contribution < -0.4 is 14.8 Å². The number of hydrogen-bond donors (Lipinski definition) is 2. The van der Waals surface area contributed by atoms with E-state index >= 15 is 0 Å². The van der Waals surface area contributed by atoms with Crippen LogP contribution in [0.1, 0.15) is 23.5 Å². The van der Waals surface area contributed by atoms with Gasteiger partial charge in [-0.25, -0.2) is 26.2 Å². The highest BCUT2D eigenvalue weighted by Crippen LogP contribution is 2.47. The fourth-order valence-corrected chi connectivity index (χ4v) is 4.94. The van der Waals surface area contributed by atoms with E-state index in [0.717, 1.165) is 18.2 Å². The van der Waals surface area contributed by atoms with Crippen LogP contribution >= 0.6 is 0 Å². The Morgan fingerprint density at radius 3 is 2.36 bits per heavy atom. The van der Waals surface area contributed by atoms with Crippen molar-refractivity contribution in [3.05, 3.63) is 82.7 Å². The molecular formula is C23H19F5N2O2S. The Bertz CT molecular complexity index is 1250. The molecule has 3 aromatic rings. The van der Waals surface area contributed by atoms with E-state index in [2.05, 4.69) is 10.0 Å². The Balaban J connectivity index is 1.64. The summed E-state index contributed by atoms with van der Waals surface area (Å²) in [6.07, 6.45) is 0.337. The highest BCUT2D eigenvalue weighted by Gasteiger charge is 2.45. The molecule has 0 saturated heterocycles. The summed E-state index contributed by atoms with van der Waals surface area (Å²) in [5, 5.41) is 1.94. The van der Waals surface area contributed by atoms with Crippen molar-refractivity contribution in [3.8, 4) is 5.75 Å². The van der Waals surface area contributed by atoms with Gasteiger partial charge in [0.25, 0.3) is 0 Å². The number of benzene rings is 3. The van der Waals surface area contributed by atoms with Crippen molar-refractivity contribution in [2.45, 2.75) is 24.5 Å². The first-order valence-electron chi connectivity index (χ1n) is 9.91. The zero-order valence-electron chi connectivity index (χ0n) is 17.5. The standard InChI is InChI=1S/C23H19F5N2O2S/c1-11-3-6-18(16(26)7-11)29-23-21(28)17(27)10-19(32-2)22(23)30-33(31)20-9-14(20)13-5-4-12(24)8-15(13)25/h3-8,10,14,20,29-30H,9H2,1-2H3. The van der Waals surface area contributed by atoms with Crippen LogP contribution in [-0.4, -0.2) is 16.6 Å². The van der Waals surface area contributed by atoms with Gasteiger partial charge in [-0.2, -0.15) is 0 Å². The van der Waals surface area contributed by atoms with Crippen molar-refractivity contribution in [1.82, 2.24) is 0 Å². The summed E-state index contributed by atoms with van der Waals surface area (Å²) in [5.74, 6) is -5.36. The van der Waals surface area contributed by atoms with E-state index < -0.39 is 56.9 Å². The molecular weight excluding hydrogens is 463 g/mol. The summed E-state index contributed by atoms with van der Waals surface area (Å²) < 4.78 is 91.2. The van der Waals surface area contributed by atoms with Gasteiger partial charge in [0.1, 0.15) is 45.6 Å². The van der Waals surface area contributed by atoms with Gasteiger partial charge < -0.3 is 10.1 Å². The van der Waals surface area contributed by atoms with Crippen LogP contribution in [-0.2, 0) is 11.0 Å². The third kappa shape index (κ3) is 4.66. The zero-order chi connectivity index (χ0) is 23.9. The van der Waals surface area contributed by atoms with Crippen molar-refractivity contribution >= 4 is 28.0 Å². The average Bonchev–Trinajstić information content (AvgIpc) is 3.55. The lowest BCUT2D eigenvalue weighted by Crippen LogP contribution is -2.14. The van der Waals surface area contributed by atoms with Gasteiger partial charge >= 0.3 is 0 Å². The summed E-state index contributed by atoms with van der Waals surface area (Å²) in [6.45, 7) is 1.67. The number of aryl methyl sites for hydroxylation is 1. The molecule has 0 heterocycles. The molecule has 0 spiro atoms. The number of rotatable bonds is 7. The first-order valence-corrected chi connectivity index (χ1v) is 11.1. The molecule has 2 N–H and O–H groups in total. The summed E-state index contributed by atoms with van der Waals surface area (Å²) >= 11 is 0. The van der Waals surface area contributed by atoms with E-state index in [1.54, 1.807) is 13.0 Å². The second-order valence-corrected chi connectivity index (χ2v) is 9.08. The van der Waals surface area contributed by atoms with Gasteiger partial charge in [0.05, 0.1) is 18.0 Å². The minimum absolute atomic E-state index is 0.126. The van der Waals surface area contributed by atoms with E-state index in [0.29, 0.717) is 12.0 Å². The van der Waals surface area contributed by atoms with Gasteiger partial charge in [-0.1, -0.05) is 12.1 Å². The Hall–Kier alpha value is -3.14. The van der Waals surface area contributed by atoms with E-state index in [-0.39, 0.29) is 22.7 Å². The lowest BCUT2D eigenvalue weighted by molar-refractivity contribution is 0.409. The second kappa shape index (κ2) is 9.01. The summed E-state index contributed by atoms with van der Waals surface area (Å²) in [4.78, 5) is 0. The van der Waals surface area contributed by atoms with Gasteiger partial charge in [0.15, 0.2) is 11.6 Å². The van der Waals surface area contributed by atoms with Crippen LogP contribution in [0.5, 0.6) is 5.75 Å². The van der Waals surface area contributed by atoms with Crippen molar-refractivity contribution in [1.29, 1.82) is 0 Å². The highest BCUT2D eigenvalue weighted by atomic mass is 32.2. The zero-order valence-corrected chi connectivity index (χ0v) is 18.3. The van der Waals surface area contributed by atoms with Gasteiger partial charge in [-0.15, -0.1) is 0 Å². The van der Waals surface area contributed by atoms with Crippen LogP contribution in [0.2, 0.25) is 0 Å². The van der Waals surface area contributed by atoms with Crippen LogP contribution in [0.3, 0.4) is 0 Å². The number of methoxy groups -OCH3 is 1. The van der Waals surface area contributed by atoms with E-state index in [4.69, 9.17) is 4.74 Å². The van der Waals surface area contributed by atoms with E-state index in [1.165, 1.54) is 25.3 Å². The third-order valence-corrected chi connectivity index (χ3v) is 6.84. The quantitative estimate of drug-likeness (QED) is 0.402. The van der Waals surface area contributed by atoms with Gasteiger partial charge in [0, 0.05) is 18.1 Å². The van der Waals surface area contributed by atoms with E-state index in [1.807, 2.05) is 0 Å². The second-order valence-electron chi connectivity index (χ2n) is 7.68. The molecule has 33 heavy (non-hydrogen) atoms. The molecule has 3 atom stereocenters. The normalized spacial score (nSPS) is 18.0. The molecule has 10 heteroatoms. The maximum Gasteiger partial charge on any atom is 0.184 e. The van der Waals surface area contributed by atoms with Crippen molar-refractivity contribution in [2.24, 2.45) is 0 Å². The molecule has 4 rings (SSSR count). The maximum absolute atomic E-state index is 14.7. The van der Waals surface area contributed by atoms with Crippen molar-refractivity contribution in [2.75, 3.05) is 17.1 Å². The molecule has 0 bridgehead atoms. The van der Waals surface area contributed by atoms with Crippen molar-refractivity contribution in [3.63, 3.8) is 0 Å². The summed E-state index contributed by atoms with van der Waals surface area (Å²) in [5.41, 5.74) is 0.0446. The van der Waals surface area contributed by atoms with Gasteiger partial charge in [-0.3, -0.25) is 4.72 Å². The summed E-state index contributed by atoms with van der Waals surface area (Å²) in [7, 11) is -0.660. The first-order chi connectivity index (χ1) is 15.7. The molecule has 1 aliphatic carbocycles. The molecule has 1 aliphatic rings. The molecule has 3 aromatic carbocycles. The molecule has 3 unspecified atom stereocenters. The molecule has 0 radical (unpaired) electrons. The molecule has 0 aromatic heterocycles. The fraction of sp³-hybridized carbons (Fsp3) is 0.217. The number of ether oxygens (including phenoxy) is 1. The Morgan fingerprint density at radius 2 is 1.70 bits per heavy atom. The lowest BCUT2D eigenvalue weighted by atomic mass is 10.1. The SMILES string of the molecule is COc1cc(F)c(F)c(Nc2ccc(C)cc2F)c1NS(=O)C1CC1c1ccc(F)cc1F. The van der Waals surface area contributed by atoms with Gasteiger partial charge in [-0.05, 0) is 42.7 Å². The van der Waals surface area contributed by atoms with Crippen LogP contribution in [0.15, 0.2) is 42.5 Å². The molecule has 4 nitrogen and oxygen atoms in total. The third-order valence-electron chi connectivity index (χ3n) is 5.36. The van der Waals surface area contributed by atoms with E-state index in [9.17, 15) is 26.2 Å². The fourth-order valence-electron chi connectivity index (χ4n) is 3.55.